The quantitative estimate of drug-likeness (QED) is 0.778. The van der Waals surface area contributed by atoms with Gasteiger partial charge < -0.3 is 10.1 Å². The molecule has 2 aromatic rings. The summed E-state index contributed by atoms with van der Waals surface area (Å²) in [6.07, 6.45) is 1.01. The van der Waals surface area contributed by atoms with Gasteiger partial charge in [-0.15, -0.1) is 0 Å². The fourth-order valence-corrected chi connectivity index (χ4v) is 5.11. The van der Waals surface area contributed by atoms with Crippen LogP contribution in [0.2, 0.25) is 0 Å². The minimum absolute atomic E-state index is 0.0479. The molecule has 1 fully saturated rings. The lowest BCUT2D eigenvalue weighted by Gasteiger charge is -2.30. The van der Waals surface area contributed by atoms with Gasteiger partial charge in [-0.05, 0) is 69.0 Å². The Bertz CT molecular complexity index is 980. The van der Waals surface area contributed by atoms with Gasteiger partial charge in [0, 0.05) is 24.7 Å². The Labute approximate surface area is 172 Å². The number of nitrogens with zero attached hydrogens (tertiary/aromatic N) is 1. The Morgan fingerprint density at radius 3 is 2.41 bits per heavy atom. The molecule has 1 saturated heterocycles. The van der Waals surface area contributed by atoms with E-state index in [9.17, 15) is 13.2 Å². The molecule has 0 aromatic heterocycles. The van der Waals surface area contributed by atoms with Crippen molar-refractivity contribution in [2.24, 2.45) is 5.92 Å². The number of ether oxygens (including phenoxy) is 1. The van der Waals surface area contributed by atoms with E-state index in [1.807, 2.05) is 45.0 Å². The lowest BCUT2D eigenvalue weighted by Crippen LogP contribution is -2.41. The number of aryl methyl sites for hydroxylation is 2. The summed E-state index contributed by atoms with van der Waals surface area (Å²) >= 11 is 0. The van der Waals surface area contributed by atoms with E-state index in [1.165, 1.54) is 4.31 Å². The number of nitrogens with one attached hydrogen (secondary N) is 1. The van der Waals surface area contributed by atoms with Crippen LogP contribution in [0.4, 0.5) is 5.69 Å². The van der Waals surface area contributed by atoms with Gasteiger partial charge in [-0.25, -0.2) is 8.42 Å². The molecule has 0 aliphatic carbocycles. The fourth-order valence-electron chi connectivity index (χ4n) is 3.56. The van der Waals surface area contributed by atoms with Crippen LogP contribution in [0, 0.1) is 19.8 Å². The molecule has 1 aliphatic heterocycles. The van der Waals surface area contributed by atoms with Crippen LogP contribution in [0.3, 0.4) is 0 Å². The average Bonchev–Trinajstić information content (AvgIpc) is 2.71. The third-order valence-corrected chi connectivity index (χ3v) is 7.21. The predicted molar refractivity (Wildman–Crippen MR) is 114 cm³/mol. The number of anilines is 1. The van der Waals surface area contributed by atoms with Crippen LogP contribution in [0.15, 0.2) is 47.4 Å². The minimum Gasteiger partial charge on any atom is -0.494 e. The van der Waals surface area contributed by atoms with Crippen molar-refractivity contribution in [2.45, 2.75) is 38.5 Å². The zero-order valence-electron chi connectivity index (χ0n) is 17.1. The van der Waals surface area contributed by atoms with Crippen molar-refractivity contribution in [1.29, 1.82) is 0 Å². The number of para-hydroxylation sites is 1. The first-order valence-electron chi connectivity index (χ1n) is 9.93. The molecule has 3 rings (SSSR count). The lowest BCUT2D eigenvalue weighted by atomic mass is 9.97. The Hall–Kier alpha value is -2.38. The van der Waals surface area contributed by atoms with Crippen molar-refractivity contribution >= 4 is 21.6 Å². The molecule has 1 heterocycles. The minimum atomic E-state index is -3.58. The van der Waals surface area contributed by atoms with Gasteiger partial charge in [0.05, 0.1) is 11.5 Å². The highest BCUT2D eigenvalue weighted by Crippen LogP contribution is 2.28. The molecule has 2 aromatic carbocycles. The van der Waals surface area contributed by atoms with Crippen LogP contribution in [-0.2, 0) is 14.8 Å². The SMILES string of the molecule is CCOc1ccc(S(=O)(=O)N2CCC(C(=O)Nc3ccccc3C)CC2)cc1C. The first-order valence-corrected chi connectivity index (χ1v) is 11.4. The molecule has 7 heteroatoms. The van der Waals surface area contributed by atoms with Crippen LogP contribution < -0.4 is 10.1 Å². The van der Waals surface area contributed by atoms with Gasteiger partial charge in [-0.1, -0.05) is 18.2 Å². The summed E-state index contributed by atoms with van der Waals surface area (Å²) in [5, 5.41) is 2.97. The maximum atomic E-state index is 13.0. The van der Waals surface area contributed by atoms with Gasteiger partial charge in [-0.3, -0.25) is 4.79 Å². The number of hydrogen-bond donors (Lipinski definition) is 1. The van der Waals surface area contributed by atoms with Crippen LogP contribution in [0.25, 0.3) is 0 Å². The first-order chi connectivity index (χ1) is 13.8. The molecular formula is C22H28N2O4S. The second kappa shape index (κ2) is 8.97. The molecule has 0 unspecified atom stereocenters. The summed E-state index contributed by atoms with van der Waals surface area (Å²) < 4.78 is 33.0. The summed E-state index contributed by atoms with van der Waals surface area (Å²) in [6, 6.07) is 12.6. The van der Waals surface area contributed by atoms with Gasteiger partial charge in [0.25, 0.3) is 0 Å². The molecule has 6 nitrogen and oxygen atoms in total. The van der Waals surface area contributed by atoms with Crippen LogP contribution >= 0.6 is 0 Å². The second-order valence-corrected chi connectivity index (χ2v) is 9.28. The van der Waals surface area contributed by atoms with Gasteiger partial charge in [0.15, 0.2) is 0 Å². The molecule has 29 heavy (non-hydrogen) atoms. The molecule has 0 bridgehead atoms. The van der Waals surface area contributed by atoms with E-state index in [0.29, 0.717) is 38.3 Å². The molecule has 0 saturated carbocycles. The zero-order valence-corrected chi connectivity index (χ0v) is 18.0. The highest BCUT2D eigenvalue weighted by Gasteiger charge is 2.32. The van der Waals surface area contributed by atoms with Crippen LogP contribution in [0.5, 0.6) is 5.75 Å². The maximum absolute atomic E-state index is 13.0. The van der Waals surface area contributed by atoms with Crippen LogP contribution in [0.1, 0.15) is 30.9 Å². The molecule has 0 radical (unpaired) electrons. The molecule has 0 spiro atoms. The van der Waals surface area contributed by atoms with Crippen molar-refractivity contribution in [1.82, 2.24) is 4.31 Å². The third-order valence-electron chi connectivity index (χ3n) is 5.31. The zero-order chi connectivity index (χ0) is 21.0. The third kappa shape index (κ3) is 4.79. The Morgan fingerprint density at radius 1 is 1.10 bits per heavy atom. The largest absolute Gasteiger partial charge is 0.494 e. The summed E-state index contributed by atoms with van der Waals surface area (Å²) in [4.78, 5) is 12.9. The van der Waals surface area contributed by atoms with Crippen LogP contribution in [-0.4, -0.2) is 38.3 Å². The van der Waals surface area contributed by atoms with Crippen molar-refractivity contribution in [3.63, 3.8) is 0 Å². The first kappa shape index (κ1) is 21.3. The summed E-state index contributed by atoms with van der Waals surface area (Å²) in [7, 11) is -3.58. The van der Waals surface area contributed by atoms with E-state index in [0.717, 1.165) is 16.8 Å². The monoisotopic (exact) mass is 416 g/mol. The smallest absolute Gasteiger partial charge is 0.243 e. The molecular weight excluding hydrogens is 388 g/mol. The van der Waals surface area contributed by atoms with Gasteiger partial charge >= 0.3 is 0 Å². The molecule has 156 valence electrons. The van der Waals surface area contributed by atoms with Gasteiger partial charge in [-0.2, -0.15) is 4.31 Å². The van der Waals surface area contributed by atoms with E-state index < -0.39 is 10.0 Å². The maximum Gasteiger partial charge on any atom is 0.243 e. The number of hydrogen-bond acceptors (Lipinski definition) is 4. The highest BCUT2D eigenvalue weighted by molar-refractivity contribution is 7.89. The van der Waals surface area contributed by atoms with E-state index >= 15 is 0 Å². The summed E-state index contributed by atoms with van der Waals surface area (Å²) in [5.41, 5.74) is 2.60. The number of piperidine rings is 1. The second-order valence-electron chi connectivity index (χ2n) is 7.34. The highest BCUT2D eigenvalue weighted by atomic mass is 32.2. The van der Waals surface area contributed by atoms with E-state index in [2.05, 4.69) is 5.32 Å². The van der Waals surface area contributed by atoms with Crippen molar-refractivity contribution < 1.29 is 17.9 Å². The van der Waals surface area contributed by atoms with E-state index in [-0.39, 0.29) is 16.7 Å². The Morgan fingerprint density at radius 2 is 1.79 bits per heavy atom. The summed E-state index contributed by atoms with van der Waals surface area (Å²) in [6.45, 7) is 6.88. The molecule has 1 aliphatic rings. The molecule has 0 atom stereocenters. The van der Waals surface area contributed by atoms with Gasteiger partial charge in [0.1, 0.15) is 5.75 Å². The Kier molecular flexibility index (Phi) is 6.59. The number of benzene rings is 2. The molecule has 1 N–H and O–H groups in total. The van der Waals surface area contributed by atoms with Gasteiger partial charge in [0.2, 0.25) is 15.9 Å². The standard InChI is InChI=1S/C22H28N2O4S/c1-4-28-21-10-9-19(15-17(21)3)29(26,27)24-13-11-18(12-14-24)22(25)23-20-8-6-5-7-16(20)2/h5-10,15,18H,4,11-14H2,1-3H3,(H,23,25). The number of sulfonamides is 1. The fraction of sp³-hybridized carbons (Fsp3) is 0.409. The van der Waals surface area contributed by atoms with E-state index in [4.69, 9.17) is 4.74 Å². The van der Waals surface area contributed by atoms with Crippen molar-refractivity contribution in [2.75, 3.05) is 25.0 Å². The average molecular weight is 417 g/mol. The number of carbonyl (C=O) groups is 1. The number of carbonyl (C=O) groups excluding carboxylic acids is 1. The number of amides is 1. The summed E-state index contributed by atoms with van der Waals surface area (Å²) in [5.74, 6) is 0.453. The van der Waals surface area contributed by atoms with Crippen molar-refractivity contribution in [3.8, 4) is 5.75 Å². The van der Waals surface area contributed by atoms with E-state index in [1.54, 1.807) is 18.2 Å². The predicted octanol–water partition coefficient (Wildman–Crippen LogP) is 3.74. The number of rotatable bonds is 6. The normalized spacial score (nSPS) is 15.8. The van der Waals surface area contributed by atoms with Crippen molar-refractivity contribution in [3.05, 3.63) is 53.6 Å². The lowest BCUT2D eigenvalue weighted by molar-refractivity contribution is -0.120. The topological polar surface area (TPSA) is 75.7 Å². The Balaban J connectivity index is 1.64. The molecule has 1 amide bonds.